The zero-order valence-corrected chi connectivity index (χ0v) is 16.1. The van der Waals surface area contributed by atoms with E-state index in [1.807, 2.05) is 4.68 Å². The van der Waals surface area contributed by atoms with Gasteiger partial charge in [0.15, 0.2) is 0 Å². The summed E-state index contributed by atoms with van der Waals surface area (Å²) in [6, 6.07) is 0.0893. The zero-order valence-electron chi connectivity index (χ0n) is 16.1. The van der Waals surface area contributed by atoms with Crippen LogP contribution in [0, 0.1) is 17.8 Å². The Balaban J connectivity index is 1.19. The summed E-state index contributed by atoms with van der Waals surface area (Å²) < 4.78 is 14.1. The van der Waals surface area contributed by atoms with Gasteiger partial charge in [-0.2, -0.15) is 0 Å². The number of rotatable bonds is 6. The molecule has 2 saturated heterocycles. The van der Waals surface area contributed by atoms with E-state index in [0.29, 0.717) is 31.3 Å². The molecule has 4 atom stereocenters. The molecule has 148 valence electrons. The van der Waals surface area contributed by atoms with Crippen LogP contribution in [0.25, 0.3) is 0 Å². The molecule has 0 bridgehead atoms. The molecule has 2 aliphatic carbocycles. The van der Waals surface area contributed by atoms with Crippen molar-refractivity contribution in [1.82, 2.24) is 15.0 Å². The van der Waals surface area contributed by atoms with Crippen molar-refractivity contribution >= 4 is 5.78 Å². The van der Waals surface area contributed by atoms with Crippen molar-refractivity contribution in [3.63, 3.8) is 0 Å². The number of carbonyl (C=O) groups excluding carboxylic acids is 1. The number of ether oxygens (including phenoxy) is 2. The van der Waals surface area contributed by atoms with Gasteiger partial charge in [-0.1, -0.05) is 43.7 Å². The largest absolute Gasteiger partial charge is 0.373 e. The third-order valence-electron chi connectivity index (χ3n) is 7.27. The Kier molecular flexibility index (Phi) is 5.03. The molecule has 0 spiro atoms. The maximum Gasteiger partial charge on any atom is 0.136 e. The summed E-state index contributed by atoms with van der Waals surface area (Å²) in [5.41, 5.74) is 1.10. The average Bonchev–Trinajstić information content (AvgIpc) is 3.32. The van der Waals surface area contributed by atoms with E-state index >= 15 is 0 Å². The van der Waals surface area contributed by atoms with Gasteiger partial charge in [-0.25, -0.2) is 4.68 Å². The molecule has 6 nitrogen and oxygen atoms in total. The normalized spacial score (nSPS) is 34.5. The van der Waals surface area contributed by atoms with Crippen molar-refractivity contribution in [2.45, 2.75) is 82.5 Å². The van der Waals surface area contributed by atoms with Crippen LogP contribution in [0.15, 0.2) is 6.20 Å². The molecule has 3 heterocycles. The van der Waals surface area contributed by atoms with Crippen molar-refractivity contribution < 1.29 is 14.3 Å². The van der Waals surface area contributed by atoms with E-state index in [2.05, 4.69) is 16.5 Å². The second-order valence-electron chi connectivity index (χ2n) is 9.12. The first-order valence-corrected chi connectivity index (χ1v) is 10.9. The summed E-state index contributed by atoms with van der Waals surface area (Å²) >= 11 is 0. The van der Waals surface area contributed by atoms with E-state index in [1.165, 1.54) is 38.5 Å². The van der Waals surface area contributed by atoms with Crippen LogP contribution in [0.4, 0.5) is 0 Å². The van der Waals surface area contributed by atoms with E-state index < -0.39 is 0 Å². The fourth-order valence-electron chi connectivity index (χ4n) is 5.37. The molecule has 1 aromatic heterocycles. The second kappa shape index (κ2) is 7.63. The first kappa shape index (κ1) is 17.8. The Bertz CT molecular complexity index is 665. The van der Waals surface area contributed by atoms with Gasteiger partial charge in [0.2, 0.25) is 0 Å². The molecule has 4 aliphatic rings. The van der Waals surface area contributed by atoms with Gasteiger partial charge < -0.3 is 9.47 Å². The minimum absolute atomic E-state index is 0.00780. The number of nitrogens with zero attached hydrogens (tertiary/aromatic N) is 3. The van der Waals surface area contributed by atoms with Crippen LogP contribution in [-0.2, 0) is 20.7 Å². The maximum atomic E-state index is 12.4. The Labute approximate surface area is 161 Å². The average molecular weight is 373 g/mol. The van der Waals surface area contributed by atoms with Crippen molar-refractivity contribution in [1.29, 1.82) is 0 Å². The van der Waals surface area contributed by atoms with Crippen LogP contribution in [0.1, 0.15) is 69.5 Å². The molecule has 2 saturated carbocycles. The lowest BCUT2D eigenvalue weighted by Crippen LogP contribution is -2.31. The highest BCUT2D eigenvalue weighted by Crippen LogP contribution is 2.40. The van der Waals surface area contributed by atoms with E-state index in [9.17, 15) is 4.79 Å². The summed E-state index contributed by atoms with van der Waals surface area (Å²) in [4.78, 5) is 12.4. The molecular weight excluding hydrogens is 342 g/mol. The summed E-state index contributed by atoms with van der Waals surface area (Å²) in [6.45, 7) is 1.24. The smallest absolute Gasteiger partial charge is 0.136 e. The highest BCUT2D eigenvalue weighted by atomic mass is 16.6. The molecule has 4 fully saturated rings. The first-order valence-electron chi connectivity index (χ1n) is 10.9. The Hall–Kier alpha value is -1.27. The SMILES string of the molecule is O=C(C[C@H]1CO[C@H]2[C@@H]1OC[C@@H]2n1cc(CC2CCCCC2)nn1)C1CCC1. The third kappa shape index (κ3) is 3.58. The van der Waals surface area contributed by atoms with Gasteiger partial charge in [0, 0.05) is 24.5 Å². The Morgan fingerprint density at radius 1 is 1.04 bits per heavy atom. The first-order chi connectivity index (χ1) is 13.3. The standard InChI is InChI=1S/C21H31N3O3/c25-19(15-7-4-8-15)10-16-12-26-21-18(13-27-20(16)21)24-11-17(22-23-24)9-14-5-2-1-3-6-14/h11,14-16,18,20-21H,1-10,12-13H2/t16-,18-,20+,21+/m0/s1. The lowest BCUT2D eigenvalue weighted by molar-refractivity contribution is -0.126. The van der Waals surface area contributed by atoms with Gasteiger partial charge in [-0.05, 0) is 25.2 Å². The van der Waals surface area contributed by atoms with Crippen LogP contribution in [0.3, 0.4) is 0 Å². The summed E-state index contributed by atoms with van der Waals surface area (Å²) in [5, 5.41) is 8.83. The highest BCUT2D eigenvalue weighted by Gasteiger charge is 2.49. The second-order valence-corrected chi connectivity index (χ2v) is 9.12. The predicted molar refractivity (Wildman–Crippen MR) is 99.3 cm³/mol. The Morgan fingerprint density at radius 3 is 2.63 bits per heavy atom. The van der Waals surface area contributed by atoms with Crippen LogP contribution >= 0.6 is 0 Å². The molecular formula is C21H31N3O3. The number of carbonyl (C=O) groups is 1. The number of Topliss-reactive ketones (excluding diaryl/α,β-unsaturated/α-hetero) is 1. The number of fused-ring (bicyclic) bond motifs is 1. The topological polar surface area (TPSA) is 66.2 Å². The van der Waals surface area contributed by atoms with Crippen molar-refractivity contribution in [2.24, 2.45) is 17.8 Å². The Morgan fingerprint density at radius 2 is 1.85 bits per heavy atom. The van der Waals surface area contributed by atoms with E-state index in [0.717, 1.165) is 30.9 Å². The van der Waals surface area contributed by atoms with Gasteiger partial charge in [-0.3, -0.25) is 4.79 Å². The lowest BCUT2D eigenvalue weighted by Gasteiger charge is -2.25. The molecule has 0 N–H and O–H groups in total. The molecule has 6 heteroatoms. The molecule has 1 aromatic rings. The molecule has 27 heavy (non-hydrogen) atoms. The molecule has 0 amide bonds. The predicted octanol–water partition coefficient (Wildman–Crippen LogP) is 3.12. The molecule has 2 aliphatic heterocycles. The monoisotopic (exact) mass is 373 g/mol. The fourth-order valence-corrected chi connectivity index (χ4v) is 5.37. The lowest BCUT2D eigenvalue weighted by atomic mass is 9.79. The summed E-state index contributed by atoms with van der Waals surface area (Å²) in [5.74, 6) is 1.69. The quantitative estimate of drug-likeness (QED) is 0.766. The highest BCUT2D eigenvalue weighted by molar-refractivity contribution is 5.82. The number of hydrogen-bond donors (Lipinski definition) is 0. The van der Waals surface area contributed by atoms with Gasteiger partial charge >= 0.3 is 0 Å². The number of ketones is 1. The summed E-state index contributed by atoms with van der Waals surface area (Å²) in [7, 11) is 0. The molecule has 0 unspecified atom stereocenters. The van der Waals surface area contributed by atoms with Gasteiger partial charge in [0.05, 0.1) is 25.0 Å². The van der Waals surface area contributed by atoms with Crippen LogP contribution in [0.5, 0.6) is 0 Å². The number of hydrogen-bond acceptors (Lipinski definition) is 5. The maximum absolute atomic E-state index is 12.4. The van der Waals surface area contributed by atoms with Crippen molar-refractivity contribution in [2.75, 3.05) is 13.2 Å². The van der Waals surface area contributed by atoms with E-state index in [1.54, 1.807) is 0 Å². The molecule has 0 radical (unpaired) electrons. The fraction of sp³-hybridized carbons (Fsp3) is 0.857. The minimum Gasteiger partial charge on any atom is -0.373 e. The van der Waals surface area contributed by atoms with Gasteiger partial charge in [-0.15, -0.1) is 5.10 Å². The molecule has 5 rings (SSSR count). The van der Waals surface area contributed by atoms with Crippen molar-refractivity contribution in [3.8, 4) is 0 Å². The van der Waals surface area contributed by atoms with Gasteiger partial charge in [0.25, 0.3) is 0 Å². The van der Waals surface area contributed by atoms with Gasteiger partial charge in [0.1, 0.15) is 17.9 Å². The zero-order chi connectivity index (χ0) is 18.2. The van der Waals surface area contributed by atoms with Crippen LogP contribution < -0.4 is 0 Å². The molecule has 0 aromatic carbocycles. The van der Waals surface area contributed by atoms with Crippen LogP contribution in [0.2, 0.25) is 0 Å². The van der Waals surface area contributed by atoms with Crippen LogP contribution in [-0.4, -0.2) is 46.2 Å². The van der Waals surface area contributed by atoms with E-state index in [4.69, 9.17) is 9.47 Å². The minimum atomic E-state index is 0.00780. The third-order valence-corrected chi connectivity index (χ3v) is 7.27. The van der Waals surface area contributed by atoms with Crippen molar-refractivity contribution in [3.05, 3.63) is 11.9 Å². The van der Waals surface area contributed by atoms with E-state index in [-0.39, 0.29) is 24.2 Å². The summed E-state index contributed by atoms with van der Waals surface area (Å²) in [6.07, 6.45) is 13.9. The number of aromatic nitrogens is 3.